The molecular formula is C26H29N3O2S2. The fourth-order valence-electron chi connectivity index (χ4n) is 3.91. The van der Waals surface area contributed by atoms with Crippen LogP contribution in [-0.4, -0.2) is 53.7 Å². The predicted molar refractivity (Wildman–Crippen MR) is 139 cm³/mol. The number of ether oxygens (including phenoxy) is 1. The Balaban J connectivity index is 1.39. The summed E-state index contributed by atoms with van der Waals surface area (Å²) in [6.07, 6.45) is 0.768. The second kappa shape index (κ2) is 11.4. The Morgan fingerprint density at radius 3 is 2.27 bits per heavy atom. The van der Waals surface area contributed by atoms with Crippen molar-refractivity contribution in [2.45, 2.75) is 19.9 Å². The quantitative estimate of drug-likeness (QED) is 0.379. The molecule has 0 bridgehead atoms. The van der Waals surface area contributed by atoms with Crippen LogP contribution >= 0.6 is 23.6 Å². The lowest BCUT2D eigenvalue weighted by Crippen LogP contribution is -2.49. The summed E-state index contributed by atoms with van der Waals surface area (Å²) in [5, 5.41) is 4.77. The monoisotopic (exact) mass is 479 g/mol. The topological polar surface area (TPSA) is 44.8 Å². The Labute approximate surface area is 205 Å². The summed E-state index contributed by atoms with van der Waals surface area (Å²) in [4.78, 5) is 18.3. The van der Waals surface area contributed by atoms with Crippen LogP contribution in [0.2, 0.25) is 0 Å². The van der Waals surface area contributed by atoms with Crippen LogP contribution < -0.4 is 5.32 Å². The van der Waals surface area contributed by atoms with Gasteiger partial charge in [0.2, 0.25) is 0 Å². The normalized spacial score (nSPS) is 14.2. The fourth-order valence-corrected chi connectivity index (χ4v) is 5.33. The van der Waals surface area contributed by atoms with Crippen molar-refractivity contribution in [3.05, 3.63) is 88.3 Å². The third-order valence-corrected chi connectivity index (χ3v) is 7.04. The first-order valence-electron chi connectivity index (χ1n) is 11.3. The van der Waals surface area contributed by atoms with Crippen LogP contribution in [0.15, 0.2) is 66.7 Å². The van der Waals surface area contributed by atoms with Crippen LogP contribution in [0.5, 0.6) is 0 Å². The number of rotatable bonds is 7. The van der Waals surface area contributed by atoms with E-state index in [0.717, 1.165) is 49.0 Å². The third kappa shape index (κ3) is 6.41. The molecule has 0 radical (unpaired) electrons. The van der Waals surface area contributed by atoms with E-state index in [2.05, 4.69) is 51.5 Å². The Morgan fingerprint density at radius 2 is 1.64 bits per heavy atom. The van der Waals surface area contributed by atoms with Gasteiger partial charge >= 0.3 is 5.97 Å². The maximum Gasteiger partial charge on any atom is 0.341 e. The minimum atomic E-state index is -0.314. The highest BCUT2D eigenvalue weighted by Gasteiger charge is 2.23. The summed E-state index contributed by atoms with van der Waals surface area (Å²) >= 11 is 7.29. The molecule has 0 unspecified atom stereocenters. The van der Waals surface area contributed by atoms with Gasteiger partial charge in [-0.25, -0.2) is 4.79 Å². The van der Waals surface area contributed by atoms with E-state index in [0.29, 0.717) is 17.3 Å². The molecule has 1 aromatic heterocycles. The van der Waals surface area contributed by atoms with E-state index in [1.165, 1.54) is 11.1 Å². The molecule has 1 fully saturated rings. The van der Waals surface area contributed by atoms with Gasteiger partial charge in [-0.05, 0) is 36.3 Å². The van der Waals surface area contributed by atoms with Gasteiger partial charge in [0.1, 0.15) is 5.00 Å². The number of anilines is 1. The van der Waals surface area contributed by atoms with E-state index in [4.69, 9.17) is 17.0 Å². The number of carbonyl (C=O) groups is 1. The van der Waals surface area contributed by atoms with Crippen LogP contribution in [-0.2, 0) is 17.7 Å². The van der Waals surface area contributed by atoms with E-state index in [9.17, 15) is 4.79 Å². The highest BCUT2D eigenvalue weighted by atomic mass is 32.1. The SMILES string of the molecule is CCOC(=O)c1cc(Cc2ccccc2)sc1NC(=S)N1CCN(Cc2ccccc2)CC1. The van der Waals surface area contributed by atoms with Crippen LogP contribution in [0.1, 0.15) is 33.3 Å². The highest BCUT2D eigenvalue weighted by molar-refractivity contribution is 7.80. The van der Waals surface area contributed by atoms with Crippen molar-refractivity contribution in [2.24, 2.45) is 0 Å². The number of esters is 1. The molecule has 1 N–H and O–H groups in total. The maximum absolute atomic E-state index is 12.6. The number of nitrogens with zero attached hydrogens (tertiary/aromatic N) is 2. The first-order chi connectivity index (χ1) is 16.1. The van der Waals surface area contributed by atoms with E-state index >= 15 is 0 Å². The van der Waals surface area contributed by atoms with Gasteiger partial charge in [-0.1, -0.05) is 60.7 Å². The molecule has 4 rings (SSSR count). The maximum atomic E-state index is 12.6. The number of benzene rings is 2. The van der Waals surface area contributed by atoms with Crippen molar-refractivity contribution in [1.29, 1.82) is 0 Å². The molecule has 0 atom stereocenters. The van der Waals surface area contributed by atoms with Crippen molar-refractivity contribution in [3.8, 4) is 0 Å². The number of nitrogens with one attached hydrogen (secondary N) is 1. The minimum absolute atomic E-state index is 0.314. The average molecular weight is 480 g/mol. The predicted octanol–water partition coefficient (Wildman–Crippen LogP) is 5.03. The number of thiophene rings is 1. The Morgan fingerprint density at radius 1 is 1.00 bits per heavy atom. The summed E-state index contributed by atoms with van der Waals surface area (Å²) in [5.41, 5.74) is 3.09. The van der Waals surface area contributed by atoms with E-state index in [1.54, 1.807) is 11.3 Å². The van der Waals surface area contributed by atoms with Gasteiger partial charge in [0.25, 0.3) is 0 Å². The molecule has 7 heteroatoms. The van der Waals surface area contributed by atoms with Gasteiger partial charge in [-0.15, -0.1) is 11.3 Å². The van der Waals surface area contributed by atoms with E-state index < -0.39 is 0 Å². The summed E-state index contributed by atoms with van der Waals surface area (Å²) < 4.78 is 5.29. The Hall–Kier alpha value is -2.74. The molecule has 1 aliphatic heterocycles. The molecule has 3 aromatic rings. The van der Waals surface area contributed by atoms with E-state index in [1.807, 2.05) is 37.3 Å². The highest BCUT2D eigenvalue weighted by Crippen LogP contribution is 2.31. The van der Waals surface area contributed by atoms with Gasteiger partial charge in [0.05, 0.1) is 12.2 Å². The minimum Gasteiger partial charge on any atom is -0.462 e. The smallest absolute Gasteiger partial charge is 0.341 e. The average Bonchev–Trinajstić information content (AvgIpc) is 3.23. The standard InChI is InChI=1S/C26H29N3O2S2/c1-2-31-25(30)23-18-22(17-20-9-5-3-6-10-20)33-24(23)27-26(32)29-15-13-28(14-16-29)19-21-11-7-4-8-12-21/h3-12,18H,2,13-17,19H2,1H3,(H,27,32). The molecule has 0 aliphatic carbocycles. The zero-order valence-corrected chi connectivity index (χ0v) is 20.5. The number of thiocarbonyl (C=S) groups is 1. The van der Waals surface area contributed by atoms with Crippen molar-refractivity contribution in [2.75, 3.05) is 38.1 Å². The van der Waals surface area contributed by atoms with Crippen molar-refractivity contribution in [3.63, 3.8) is 0 Å². The lowest BCUT2D eigenvalue weighted by atomic mass is 10.1. The molecule has 0 amide bonds. The van der Waals surface area contributed by atoms with Gasteiger partial charge < -0.3 is 15.0 Å². The van der Waals surface area contributed by atoms with Crippen molar-refractivity contribution >= 4 is 39.6 Å². The third-order valence-electron chi connectivity index (χ3n) is 5.63. The fraction of sp³-hybridized carbons (Fsp3) is 0.308. The van der Waals surface area contributed by atoms with Crippen molar-refractivity contribution in [1.82, 2.24) is 9.80 Å². The number of piperazine rings is 1. The second-order valence-electron chi connectivity index (χ2n) is 8.02. The largest absolute Gasteiger partial charge is 0.462 e. The molecule has 5 nitrogen and oxygen atoms in total. The second-order valence-corrected chi connectivity index (χ2v) is 9.54. The van der Waals surface area contributed by atoms with Crippen LogP contribution in [0.3, 0.4) is 0 Å². The molecule has 2 aromatic carbocycles. The number of hydrogen-bond acceptors (Lipinski definition) is 5. The van der Waals surface area contributed by atoms with Gasteiger partial charge in [-0.2, -0.15) is 0 Å². The first kappa shape index (κ1) is 23.4. The zero-order valence-electron chi connectivity index (χ0n) is 18.8. The lowest BCUT2D eigenvalue weighted by molar-refractivity contribution is 0.0528. The molecule has 172 valence electrons. The molecule has 2 heterocycles. The zero-order chi connectivity index (χ0) is 23.0. The Bertz CT molecular complexity index is 1060. The molecule has 33 heavy (non-hydrogen) atoms. The van der Waals surface area contributed by atoms with Gasteiger partial charge in [0.15, 0.2) is 5.11 Å². The summed E-state index contributed by atoms with van der Waals surface area (Å²) in [6, 6.07) is 22.7. The summed E-state index contributed by atoms with van der Waals surface area (Å²) in [5.74, 6) is -0.314. The number of carbonyl (C=O) groups excluding carboxylic acids is 1. The summed E-state index contributed by atoms with van der Waals surface area (Å²) in [6.45, 7) is 6.73. The molecule has 0 saturated carbocycles. The number of hydrogen-bond donors (Lipinski definition) is 1. The van der Waals surface area contributed by atoms with Gasteiger partial charge in [0, 0.05) is 44.0 Å². The first-order valence-corrected chi connectivity index (χ1v) is 12.5. The lowest BCUT2D eigenvalue weighted by Gasteiger charge is -2.36. The van der Waals surface area contributed by atoms with Crippen LogP contribution in [0.25, 0.3) is 0 Å². The molecule has 1 aliphatic rings. The molecule has 0 spiro atoms. The van der Waals surface area contributed by atoms with Crippen LogP contribution in [0.4, 0.5) is 5.00 Å². The van der Waals surface area contributed by atoms with E-state index in [-0.39, 0.29) is 5.97 Å². The van der Waals surface area contributed by atoms with Crippen molar-refractivity contribution < 1.29 is 9.53 Å². The molecular weight excluding hydrogens is 450 g/mol. The van der Waals surface area contributed by atoms with Crippen LogP contribution in [0, 0.1) is 0 Å². The Kier molecular flexibility index (Phi) is 8.10. The summed E-state index contributed by atoms with van der Waals surface area (Å²) in [7, 11) is 0. The van der Waals surface area contributed by atoms with Gasteiger partial charge in [-0.3, -0.25) is 4.90 Å². The molecule has 1 saturated heterocycles.